The number of ether oxygens (including phenoxy) is 3. The Kier molecular flexibility index (Phi) is 7.59. The first kappa shape index (κ1) is 15.1. The lowest BCUT2D eigenvalue weighted by atomic mass is 10.5. The predicted molar refractivity (Wildman–Crippen MR) is 68.9 cm³/mol. The van der Waals surface area contributed by atoms with Gasteiger partial charge in [-0.1, -0.05) is 11.6 Å². The summed E-state index contributed by atoms with van der Waals surface area (Å²) >= 11 is 5.87. The first-order valence-electron chi connectivity index (χ1n) is 5.59. The second-order valence-electron chi connectivity index (χ2n) is 3.46. The molecule has 1 heterocycles. The van der Waals surface area contributed by atoms with E-state index >= 15 is 0 Å². The number of halogens is 1. The number of hydrogen-bond donors (Lipinski definition) is 1. The molecular weight excluding hydrogens is 258 g/mol. The van der Waals surface area contributed by atoms with E-state index in [2.05, 4.69) is 15.3 Å². The smallest absolute Gasteiger partial charge is 0.158 e. The fourth-order valence-corrected chi connectivity index (χ4v) is 1.45. The summed E-state index contributed by atoms with van der Waals surface area (Å²) in [5.41, 5.74) is 0. The van der Waals surface area contributed by atoms with Gasteiger partial charge < -0.3 is 19.5 Å². The zero-order valence-corrected chi connectivity index (χ0v) is 11.4. The van der Waals surface area contributed by atoms with Gasteiger partial charge in [0.2, 0.25) is 0 Å². The fraction of sp³-hybridized carbons (Fsp3) is 0.636. The van der Waals surface area contributed by atoms with Crippen LogP contribution in [0.4, 0.5) is 5.82 Å². The monoisotopic (exact) mass is 275 g/mol. The van der Waals surface area contributed by atoms with Crippen LogP contribution in [0.25, 0.3) is 0 Å². The summed E-state index contributed by atoms with van der Waals surface area (Å²) in [4.78, 5) is 8.28. The quantitative estimate of drug-likeness (QED) is 0.542. The van der Waals surface area contributed by atoms with E-state index in [9.17, 15) is 0 Å². The summed E-state index contributed by atoms with van der Waals surface area (Å²) < 4.78 is 15.1. The van der Waals surface area contributed by atoms with Crippen molar-refractivity contribution in [3.8, 4) is 0 Å². The highest BCUT2D eigenvalue weighted by Gasteiger charge is 2.02. The lowest BCUT2D eigenvalue weighted by molar-refractivity contribution is 0.0759. The van der Waals surface area contributed by atoms with Crippen molar-refractivity contribution in [3.63, 3.8) is 0 Å². The first-order chi connectivity index (χ1) is 8.76. The Hall–Kier alpha value is -0.950. The molecule has 1 aromatic heterocycles. The number of methoxy groups -OCH3 is 2. The fourth-order valence-electron chi connectivity index (χ4n) is 1.24. The molecule has 1 aromatic rings. The molecule has 0 saturated carbocycles. The van der Waals surface area contributed by atoms with Crippen molar-refractivity contribution in [1.29, 1.82) is 0 Å². The molecule has 0 aliphatic heterocycles. The molecule has 0 aliphatic carbocycles. The van der Waals surface area contributed by atoms with Crippen molar-refractivity contribution < 1.29 is 14.2 Å². The molecule has 1 N–H and O–H groups in total. The molecule has 102 valence electrons. The Balaban J connectivity index is 2.32. The third-order valence-corrected chi connectivity index (χ3v) is 2.19. The minimum absolute atomic E-state index is 0.333. The largest absolute Gasteiger partial charge is 0.382 e. The maximum Gasteiger partial charge on any atom is 0.158 e. The molecule has 0 spiro atoms. The van der Waals surface area contributed by atoms with Crippen LogP contribution in [-0.4, -0.2) is 50.6 Å². The molecule has 18 heavy (non-hydrogen) atoms. The van der Waals surface area contributed by atoms with Crippen LogP contribution < -0.4 is 5.32 Å². The van der Waals surface area contributed by atoms with E-state index in [-0.39, 0.29) is 0 Å². The van der Waals surface area contributed by atoms with Crippen molar-refractivity contribution in [2.45, 2.75) is 6.61 Å². The Morgan fingerprint density at radius 1 is 1.17 bits per heavy atom. The first-order valence-corrected chi connectivity index (χ1v) is 5.97. The Morgan fingerprint density at radius 2 is 2.00 bits per heavy atom. The van der Waals surface area contributed by atoms with E-state index in [0.29, 0.717) is 49.8 Å². The lowest BCUT2D eigenvalue weighted by Gasteiger charge is -2.08. The van der Waals surface area contributed by atoms with Crippen LogP contribution in [0.5, 0.6) is 0 Å². The molecule has 0 unspecified atom stereocenters. The van der Waals surface area contributed by atoms with Crippen molar-refractivity contribution in [2.24, 2.45) is 0 Å². The molecule has 0 bridgehead atoms. The number of anilines is 1. The van der Waals surface area contributed by atoms with Gasteiger partial charge in [0.05, 0.1) is 19.8 Å². The van der Waals surface area contributed by atoms with Gasteiger partial charge in [-0.3, -0.25) is 0 Å². The summed E-state index contributed by atoms with van der Waals surface area (Å²) in [5, 5.41) is 3.49. The number of hydrogen-bond acceptors (Lipinski definition) is 6. The highest BCUT2D eigenvalue weighted by molar-refractivity contribution is 6.29. The van der Waals surface area contributed by atoms with Gasteiger partial charge in [0.15, 0.2) is 5.82 Å². The van der Waals surface area contributed by atoms with Gasteiger partial charge >= 0.3 is 0 Å². The molecule has 0 atom stereocenters. The normalized spacial score (nSPS) is 10.6. The summed E-state index contributed by atoms with van der Waals surface area (Å²) in [6.45, 7) is 2.72. The Morgan fingerprint density at radius 3 is 2.72 bits per heavy atom. The van der Waals surface area contributed by atoms with Gasteiger partial charge in [0, 0.05) is 26.8 Å². The van der Waals surface area contributed by atoms with E-state index in [1.807, 2.05) is 0 Å². The lowest BCUT2D eigenvalue weighted by Crippen LogP contribution is -2.13. The van der Waals surface area contributed by atoms with Crippen LogP contribution in [0.2, 0.25) is 5.15 Å². The Bertz CT molecular complexity index is 352. The van der Waals surface area contributed by atoms with Crippen molar-refractivity contribution in [3.05, 3.63) is 17.0 Å². The summed E-state index contributed by atoms with van der Waals surface area (Å²) in [6.07, 6.45) is 0. The molecule has 0 amide bonds. The average molecular weight is 276 g/mol. The molecule has 7 heteroatoms. The minimum atomic E-state index is 0.333. The van der Waals surface area contributed by atoms with Gasteiger partial charge in [-0.2, -0.15) is 0 Å². The summed E-state index contributed by atoms with van der Waals surface area (Å²) in [6, 6.07) is 1.66. The SMILES string of the molecule is COCCOCCNc1cc(Cl)nc(COC)n1. The summed E-state index contributed by atoms with van der Waals surface area (Å²) in [7, 11) is 3.23. The van der Waals surface area contributed by atoms with E-state index in [0.717, 1.165) is 0 Å². The molecule has 6 nitrogen and oxygen atoms in total. The van der Waals surface area contributed by atoms with Crippen molar-refractivity contribution in [2.75, 3.05) is 45.9 Å². The number of aromatic nitrogens is 2. The summed E-state index contributed by atoms with van der Waals surface area (Å²) in [5.74, 6) is 1.21. The van der Waals surface area contributed by atoms with Gasteiger partial charge in [0.25, 0.3) is 0 Å². The van der Waals surface area contributed by atoms with Crippen molar-refractivity contribution in [1.82, 2.24) is 9.97 Å². The third kappa shape index (κ3) is 6.11. The zero-order valence-electron chi connectivity index (χ0n) is 10.6. The number of nitrogens with one attached hydrogen (secondary N) is 1. The maximum absolute atomic E-state index is 5.87. The molecule has 0 aliphatic rings. The van der Waals surface area contributed by atoms with E-state index in [1.54, 1.807) is 20.3 Å². The van der Waals surface area contributed by atoms with E-state index < -0.39 is 0 Å². The number of nitrogens with zero attached hydrogens (tertiary/aromatic N) is 2. The molecular formula is C11H18ClN3O3. The van der Waals surface area contributed by atoms with E-state index in [1.165, 1.54) is 0 Å². The molecule has 0 radical (unpaired) electrons. The van der Waals surface area contributed by atoms with Gasteiger partial charge in [0.1, 0.15) is 17.6 Å². The highest BCUT2D eigenvalue weighted by Crippen LogP contribution is 2.11. The predicted octanol–water partition coefficient (Wildman–Crippen LogP) is 1.35. The van der Waals surface area contributed by atoms with Crippen LogP contribution in [0.15, 0.2) is 6.07 Å². The third-order valence-electron chi connectivity index (χ3n) is 2.00. The standard InChI is InChI=1S/C11H18ClN3O3/c1-16-5-6-18-4-3-13-10-7-9(12)14-11(15-10)8-17-2/h7H,3-6,8H2,1-2H3,(H,13,14,15). The van der Waals surface area contributed by atoms with Crippen LogP contribution in [0, 0.1) is 0 Å². The highest BCUT2D eigenvalue weighted by atomic mass is 35.5. The molecule has 1 rings (SSSR count). The van der Waals surface area contributed by atoms with Gasteiger partial charge in [-0.25, -0.2) is 9.97 Å². The van der Waals surface area contributed by atoms with Crippen LogP contribution in [0.1, 0.15) is 5.82 Å². The van der Waals surface area contributed by atoms with Gasteiger partial charge in [-0.05, 0) is 0 Å². The average Bonchev–Trinajstić information content (AvgIpc) is 2.33. The Labute approximate surface area is 112 Å². The van der Waals surface area contributed by atoms with Gasteiger partial charge in [-0.15, -0.1) is 0 Å². The molecule has 0 fully saturated rings. The topological polar surface area (TPSA) is 65.5 Å². The van der Waals surface area contributed by atoms with Crippen LogP contribution in [0.3, 0.4) is 0 Å². The molecule has 0 saturated heterocycles. The van der Waals surface area contributed by atoms with Crippen LogP contribution in [-0.2, 0) is 20.8 Å². The molecule has 0 aromatic carbocycles. The van der Waals surface area contributed by atoms with E-state index in [4.69, 9.17) is 25.8 Å². The second kappa shape index (κ2) is 9.04. The van der Waals surface area contributed by atoms with Crippen molar-refractivity contribution >= 4 is 17.4 Å². The van der Waals surface area contributed by atoms with Crippen LogP contribution >= 0.6 is 11.6 Å². The zero-order chi connectivity index (χ0) is 13.2. The minimum Gasteiger partial charge on any atom is -0.382 e. The second-order valence-corrected chi connectivity index (χ2v) is 3.84. The number of rotatable bonds is 9. The maximum atomic E-state index is 5.87.